The van der Waals surface area contributed by atoms with Crippen molar-refractivity contribution in [2.75, 3.05) is 20.8 Å². The van der Waals surface area contributed by atoms with Gasteiger partial charge >= 0.3 is 0 Å². The number of nitrogens with zero attached hydrogens (tertiary/aromatic N) is 4. The van der Waals surface area contributed by atoms with E-state index in [0.29, 0.717) is 12.4 Å². The highest BCUT2D eigenvalue weighted by Crippen LogP contribution is 2.38. The Morgan fingerprint density at radius 3 is 2.52 bits per heavy atom. The minimum atomic E-state index is -0.342. The van der Waals surface area contributed by atoms with E-state index in [4.69, 9.17) is 13.9 Å². The number of hydrogen-bond acceptors (Lipinski definition) is 7. The molecular weight excluding hydrogens is 418 g/mol. The Kier molecular flexibility index (Phi) is 5.64. The Bertz CT molecular complexity index is 1220. The van der Waals surface area contributed by atoms with Crippen molar-refractivity contribution in [2.45, 2.75) is 44.7 Å². The van der Waals surface area contributed by atoms with Crippen molar-refractivity contribution in [3.63, 3.8) is 0 Å². The molecule has 0 amide bonds. The number of ether oxygens (including phenoxy) is 2. The highest BCUT2D eigenvalue weighted by Gasteiger charge is 2.41. The lowest BCUT2D eigenvalue weighted by atomic mass is 9.76. The maximum absolute atomic E-state index is 6.38. The molecule has 8 heteroatoms. The van der Waals surface area contributed by atoms with Crippen molar-refractivity contribution in [3.8, 4) is 11.4 Å². The van der Waals surface area contributed by atoms with Crippen LogP contribution in [0.2, 0.25) is 0 Å². The molecule has 2 heterocycles. The smallest absolute Gasteiger partial charge is 0.181 e. The van der Waals surface area contributed by atoms with Crippen LogP contribution in [0.1, 0.15) is 48.0 Å². The van der Waals surface area contributed by atoms with Gasteiger partial charge in [0.15, 0.2) is 5.82 Å². The summed E-state index contributed by atoms with van der Waals surface area (Å²) in [6.07, 6.45) is 3.21. The third kappa shape index (κ3) is 4.00. The molecule has 1 unspecified atom stereocenters. The molecule has 0 spiro atoms. The van der Waals surface area contributed by atoms with Gasteiger partial charge in [-0.3, -0.25) is 5.32 Å². The molecule has 4 aromatic rings. The molecule has 1 aliphatic carbocycles. The molecule has 0 radical (unpaired) electrons. The average molecular weight is 448 g/mol. The number of nitrogens with one attached hydrogen (secondary N) is 1. The molecule has 33 heavy (non-hydrogen) atoms. The lowest BCUT2D eigenvalue weighted by Gasteiger charge is -2.44. The van der Waals surface area contributed by atoms with Crippen LogP contribution >= 0.6 is 0 Å². The fourth-order valence-electron chi connectivity index (χ4n) is 4.53. The summed E-state index contributed by atoms with van der Waals surface area (Å²) in [4.78, 5) is 0. The van der Waals surface area contributed by atoms with Gasteiger partial charge in [-0.15, -0.1) is 5.10 Å². The minimum absolute atomic E-state index is 0.138. The van der Waals surface area contributed by atoms with E-state index in [1.54, 1.807) is 18.9 Å². The van der Waals surface area contributed by atoms with Gasteiger partial charge in [0.05, 0.1) is 19.4 Å². The Hall–Kier alpha value is -3.23. The number of fused-ring (bicyclic) bond motifs is 1. The van der Waals surface area contributed by atoms with Gasteiger partial charge in [-0.1, -0.05) is 0 Å². The van der Waals surface area contributed by atoms with Gasteiger partial charge < -0.3 is 13.9 Å². The van der Waals surface area contributed by atoms with Crippen LogP contribution in [0.3, 0.4) is 0 Å². The molecule has 0 bridgehead atoms. The Labute approximate surface area is 192 Å². The number of rotatable bonds is 8. The monoisotopic (exact) mass is 447 g/mol. The second-order valence-electron chi connectivity index (χ2n) is 8.91. The lowest BCUT2D eigenvalue weighted by molar-refractivity contribution is 0.0477. The summed E-state index contributed by atoms with van der Waals surface area (Å²) in [5, 5.41) is 17.6. The molecule has 1 atom stereocenters. The Morgan fingerprint density at radius 1 is 1.09 bits per heavy atom. The molecule has 1 aliphatic rings. The van der Waals surface area contributed by atoms with Crippen molar-refractivity contribution in [1.82, 2.24) is 25.5 Å². The Balaban J connectivity index is 1.60. The molecule has 172 valence electrons. The predicted octanol–water partition coefficient (Wildman–Crippen LogP) is 4.28. The van der Waals surface area contributed by atoms with Crippen LogP contribution in [-0.2, 0) is 4.74 Å². The second-order valence-corrected chi connectivity index (χ2v) is 8.91. The first-order valence-corrected chi connectivity index (χ1v) is 11.2. The van der Waals surface area contributed by atoms with Crippen LogP contribution in [0.25, 0.3) is 16.7 Å². The van der Waals surface area contributed by atoms with Crippen molar-refractivity contribution < 1.29 is 13.9 Å². The molecule has 1 saturated carbocycles. The molecule has 1 N–H and O–H groups in total. The number of tetrazole rings is 1. The first-order chi connectivity index (χ1) is 16.0. The fraction of sp³-hybridized carbons (Fsp3) is 0.400. The van der Waals surface area contributed by atoms with Gasteiger partial charge in [0.25, 0.3) is 0 Å². The normalized spacial score (nSPS) is 16.0. The highest BCUT2D eigenvalue weighted by atomic mass is 16.5. The van der Waals surface area contributed by atoms with Gasteiger partial charge in [-0.2, -0.15) is 4.68 Å². The van der Waals surface area contributed by atoms with Crippen molar-refractivity contribution in [2.24, 2.45) is 0 Å². The summed E-state index contributed by atoms with van der Waals surface area (Å²) >= 11 is 0. The molecule has 0 saturated heterocycles. The molecule has 5 rings (SSSR count). The SMILES string of the molecule is COCC1(NC(c2cc3cc(C)c(C)cc3o2)c2nnnn2-c2ccc(OC)cc2)CCC1. The molecule has 8 nitrogen and oxygen atoms in total. The van der Waals surface area contributed by atoms with Gasteiger partial charge in [0.1, 0.15) is 23.1 Å². The van der Waals surface area contributed by atoms with Crippen LogP contribution in [0.15, 0.2) is 46.9 Å². The van der Waals surface area contributed by atoms with Crippen LogP contribution in [0.5, 0.6) is 5.75 Å². The molecule has 1 fully saturated rings. The van der Waals surface area contributed by atoms with E-state index < -0.39 is 0 Å². The summed E-state index contributed by atoms with van der Waals surface area (Å²) in [6.45, 7) is 4.83. The van der Waals surface area contributed by atoms with Gasteiger partial charge in [-0.05, 0) is 97.1 Å². The topological polar surface area (TPSA) is 87.2 Å². The maximum atomic E-state index is 6.38. The average Bonchev–Trinajstić information content (AvgIpc) is 3.43. The summed E-state index contributed by atoms with van der Waals surface area (Å²) in [5.41, 5.74) is 4.00. The highest BCUT2D eigenvalue weighted by molar-refractivity contribution is 5.80. The fourth-order valence-corrected chi connectivity index (χ4v) is 4.53. The van der Waals surface area contributed by atoms with Crippen LogP contribution < -0.4 is 10.1 Å². The third-order valence-corrected chi connectivity index (χ3v) is 6.69. The number of furan rings is 1. The second kappa shape index (κ2) is 8.61. The molecule has 0 aliphatic heterocycles. The first-order valence-electron chi connectivity index (χ1n) is 11.2. The third-order valence-electron chi connectivity index (χ3n) is 6.69. The van der Waals surface area contributed by atoms with Gasteiger partial charge in [-0.25, -0.2) is 0 Å². The van der Waals surface area contributed by atoms with E-state index in [2.05, 4.69) is 52.9 Å². The van der Waals surface area contributed by atoms with E-state index in [9.17, 15) is 0 Å². The van der Waals surface area contributed by atoms with E-state index >= 15 is 0 Å². The molecule has 2 aromatic carbocycles. The largest absolute Gasteiger partial charge is 0.497 e. The summed E-state index contributed by atoms with van der Waals surface area (Å²) < 4.78 is 19.0. The van der Waals surface area contributed by atoms with Crippen molar-refractivity contribution in [3.05, 3.63) is 65.2 Å². The number of aromatic nitrogens is 4. The van der Waals surface area contributed by atoms with E-state index in [-0.39, 0.29) is 11.6 Å². The minimum Gasteiger partial charge on any atom is -0.497 e. The molecule has 2 aromatic heterocycles. The quantitative estimate of drug-likeness (QED) is 0.431. The molecular formula is C25H29N5O3. The van der Waals surface area contributed by atoms with E-state index in [1.165, 1.54) is 11.1 Å². The van der Waals surface area contributed by atoms with Crippen molar-refractivity contribution in [1.29, 1.82) is 0 Å². The number of hydrogen-bond donors (Lipinski definition) is 1. The lowest BCUT2D eigenvalue weighted by Crippen LogP contribution is -2.55. The summed E-state index contributed by atoms with van der Waals surface area (Å²) in [7, 11) is 3.39. The van der Waals surface area contributed by atoms with Crippen molar-refractivity contribution >= 4 is 11.0 Å². The van der Waals surface area contributed by atoms with Crippen LogP contribution in [-0.4, -0.2) is 46.6 Å². The zero-order valence-electron chi connectivity index (χ0n) is 19.5. The first kappa shape index (κ1) is 21.6. The summed E-state index contributed by atoms with van der Waals surface area (Å²) in [5.74, 6) is 2.22. The zero-order valence-corrected chi connectivity index (χ0v) is 19.5. The number of benzene rings is 2. The van der Waals surface area contributed by atoms with Crippen LogP contribution in [0.4, 0.5) is 0 Å². The van der Waals surface area contributed by atoms with Crippen LogP contribution in [0, 0.1) is 13.8 Å². The van der Waals surface area contributed by atoms with Gasteiger partial charge in [0, 0.05) is 18.0 Å². The standard InChI is InChI=1S/C25H29N5O3/c1-16-12-18-14-22(33-21(18)13-17(16)2)23(26-25(15-31-3)10-5-11-25)24-27-28-29-30(24)19-6-8-20(32-4)9-7-19/h6-9,12-14,23,26H,5,10-11,15H2,1-4H3. The van der Waals surface area contributed by atoms with E-state index in [1.807, 2.05) is 24.3 Å². The Morgan fingerprint density at radius 2 is 1.85 bits per heavy atom. The summed E-state index contributed by atoms with van der Waals surface area (Å²) in [6, 6.07) is 13.7. The zero-order chi connectivity index (χ0) is 23.0. The van der Waals surface area contributed by atoms with Gasteiger partial charge in [0.2, 0.25) is 0 Å². The predicted molar refractivity (Wildman–Crippen MR) is 125 cm³/mol. The maximum Gasteiger partial charge on any atom is 0.181 e. The number of methoxy groups -OCH3 is 2. The number of aryl methyl sites for hydroxylation is 2. The van der Waals surface area contributed by atoms with E-state index in [0.717, 1.165) is 47.4 Å².